The Morgan fingerprint density at radius 1 is 1.58 bits per heavy atom. The van der Waals surface area contributed by atoms with Crippen LogP contribution in [0.15, 0.2) is 6.20 Å². The third-order valence-electron chi connectivity index (χ3n) is 2.18. The highest BCUT2D eigenvalue weighted by molar-refractivity contribution is 4.93. The van der Waals surface area contributed by atoms with Gasteiger partial charge >= 0.3 is 0 Å². The second-order valence-electron chi connectivity index (χ2n) is 3.68. The van der Waals surface area contributed by atoms with E-state index in [9.17, 15) is 0 Å². The normalized spacial score (nSPS) is 19.5. The Hall–Kier alpha value is -0.900. The monoisotopic (exact) mass is 166 g/mol. The molecule has 1 aromatic heterocycles. The van der Waals surface area contributed by atoms with Crippen LogP contribution in [0.2, 0.25) is 0 Å². The van der Waals surface area contributed by atoms with Crippen LogP contribution >= 0.6 is 0 Å². The van der Waals surface area contributed by atoms with Crippen LogP contribution in [0, 0.1) is 5.92 Å². The minimum Gasteiger partial charge on any atom is -0.297 e. The third kappa shape index (κ3) is 1.48. The van der Waals surface area contributed by atoms with Crippen molar-refractivity contribution in [3.05, 3.63) is 11.9 Å². The molecule has 2 heterocycles. The van der Waals surface area contributed by atoms with Crippen molar-refractivity contribution < 1.29 is 0 Å². The zero-order valence-electron chi connectivity index (χ0n) is 7.56. The van der Waals surface area contributed by atoms with E-state index in [0.29, 0.717) is 0 Å². The molecule has 2 rings (SSSR count). The van der Waals surface area contributed by atoms with Crippen molar-refractivity contribution in [2.45, 2.75) is 13.5 Å². The van der Waals surface area contributed by atoms with Crippen molar-refractivity contribution in [3.63, 3.8) is 0 Å². The summed E-state index contributed by atoms with van der Waals surface area (Å²) in [6.45, 7) is 5.64. The van der Waals surface area contributed by atoms with Crippen molar-refractivity contribution in [1.82, 2.24) is 19.9 Å². The lowest BCUT2D eigenvalue weighted by Crippen LogP contribution is -2.44. The van der Waals surface area contributed by atoms with Crippen molar-refractivity contribution in [2.24, 2.45) is 13.0 Å². The minimum absolute atomic E-state index is 0.863. The summed E-state index contributed by atoms with van der Waals surface area (Å²) in [5, 5.41) is 7.92. The number of rotatable bonds is 2. The minimum atomic E-state index is 0.863. The standard InChI is InChI=1S/C8H14N4/c1-7-3-12(4-7)6-8-5-11(2)10-9-8/h5,7H,3-4,6H2,1-2H3. The molecule has 0 aliphatic carbocycles. The molecule has 4 heteroatoms. The summed E-state index contributed by atoms with van der Waals surface area (Å²) in [4.78, 5) is 2.38. The van der Waals surface area contributed by atoms with Gasteiger partial charge in [0.05, 0.1) is 5.69 Å². The van der Waals surface area contributed by atoms with Gasteiger partial charge < -0.3 is 0 Å². The molecule has 1 saturated heterocycles. The van der Waals surface area contributed by atoms with Crippen LogP contribution in [-0.4, -0.2) is 33.0 Å². The van der Waals surface area contributed by atoms with Crippen molar-refractivity contribution >= 4 is 0 Å². The van der Waals surface area contributed by atoms with E-state index in [4.69, 9.17) is 0 Å². The first-order valence-electron chi connectivity index (χ1n) is 4.31. The van der Waals surface area contributed by atoms with E-state index in [0.717, 1.165) is 18.2 Å². The SMILES string of the molecule is CC1CN(Cc2cn(C)nn2)C1. The number of hydrogen-bond donors (Lipinski definition) is 0. The molecule has 0 amide bonds. The lowest BCUT2D eigenvalue weighted by molar-refractivity contribution is 0.103. The van der Waals surface area contributed by atoms with Gasteiger partial charge in [-0.1, -0.05) is 12.1 Å². The second-order valence-corrected chi connectivity index (χ2v) is 3.68. The molecule has 1 aliphatic rings. The van der Waals surface area contributed by atoms with Crippen LogP contribution in [0.1, 0.15) is 12.6 Å². The predicted octanol–water partition coefficient (Wildman–Crippen LogP) is 0.267. The zero-order chi connectivity index (χ0) is 8.55. The molecule has 1 fully saturated rings. The quantitative estimate of drug-likeness (QED) is 0.632. The van der Waals surface area contributed by atoms with Gasteiger partial charge in [0.2, 0.25) is 0 Å². The molecule has 0 spiro atoms. The van der Waals surface area contributed by atoms with Crippen molar-refractivity contribution in [2.75, 3.05) is 13.1 Å². The first-order valence-corrected chi connectivity index (χ1v) is 4.31. The fourth-order valence-electron chi connectivity index (χ4n) is 1.65. The van der Waals surface area contributed by atoms with E-state index in [-0.39, 0.29) is 0 Å². The average molecular weight is 166 g/mol. The fourth-order valence-corrected chi connectivity index (χ4v) is 1.65. The van der Waals surface area contributed by atoms with Crippen LogP contribution in [-0.2, 0) is 13.6 Å². The number of aryl methyl sites for hydroxylation is 1. The Morgan fingerprint density at radius 3 is 2.83 bits per heavy atom. The summed E-state index contributed by atoms with van der Waals surface area (Å²) in [6.07, 6.45) is 1.98. The zero-order valence-corrected chi connectivity index (χ0v) is 7.56. The Morgan fingerprint density at radius 2 is 2.33 bits per heavy atom. The summed E-state index contributed by atoms with van der Waals surface area (Å²) in [5.74, 6) is 0.863. The number of likely N-dealkylation sites (tertiary alicyclic amines) is 1. The molecule has 0 bridgehead atoms. The fraction of sp³-hybridized carbons (Fsp3) is 0.750. The van der Waals surface area contributed by atoms with Gasteiger partial charge in [-0.3, -0.25) is 9.58 Å². The maximum absolute atomic E-state index is 4.03. The maximum atomic E-state index is 4.03. The van der Waals surface area contributed by atoms with Gasteiger partial charge in [0.15, 0.2) is 0 Å². The Bertz CT molecular complexity index is 262. The Labute approximate surface area is 72.2 Å². The van der Waals surface area contributed by atoms with Crippen molar-refractivity contribution in [3.8, 4) is 0 Å². The van der Waals surface area contributed by atoms with Crippen molar-refractivity contribution in [1.29, 1.82) is 0 Å². The van der Waals surface area contributed by atoms with Crippen LogP contribution < -0.4 is 0 Å². The van der Waals surface area contributed by atoms with Crippen LogP contribution in [0.25, 0.3) is 0 Å². The average Bonchev–Trinajstić information content (AvgIpc) is 2.33. The molecule has 4 nitrogen and oxygen atoms in total. The predicted molar refractivity (Wildman–Crippen MR) is 45.4 cm³/mol. The highest BCUT2D eigenvalue weighted by Gasteiger charge is 2.22. The lowest BCUT2D eigenvalue weighted by Gasteiger charge is -2.36. The highest BCUT2D eigenvalue weighted by atomic mass is 15.4. The molecule has 0 N–H and O–H groups in total. The highest BCUT2D eigenvalue weighted by Crippen LogP contribution is 2.16. The van der Waals surface area contributed by atoms with Gasteiger partial charge in [0.25, 0.3) is 0 Å². The molecular formula is C8H14N4. The van der Waals surface area contributed by atoms with Gasteiger partial charge in [-0.05, 0) is 5.92 Å². The molecule has 0 radical (unpaired) electrons. The first-order chi connectivity index (χ1) is 5.74. The Balaban J connectivity index is 1.88. The molecule has 0 aromatic carbocycles. The lowest BCUT2D eigenvalue weighted by atomic mass is 10.0. The van der Waals surface area contributed by atoms with Gasteiger partial charge in [-0.15, -0.1) is 5.10 Å². The molecule has 0 saturated carbocycles. The maximum Gasteiger partial charge on any atom is 0.0967 e. The number of nitrogens with zero attached hydrogens (tertiary/aromatic N) is 4. The van der Waals surface area contributed by atoms with Gasteiger partial charge in [-0.2, -0.15) is 0 Å². The third-order valence-corrected chi connectivity index (χ3v) is 2.18. The second kappa shape index (κ2) is 2.86. The van der Waals surface area contributed by atoms with E-state index in [1.807, 2.05) is 13.2 Å². The molecular weight excluding hydrogens is 152 g/mol. The van der Waals surface area contributed by atoms with E-state index in [1.54, 1.807) is 4.68 Å². The molecule has 0 unspecified atom stereocenters. The van der Waals surface area contributed by atoms with E-state index in [1.165, 1.54) is 13.1 Å². The van der Waals surface area contributed by atoms with Crippen LogP contribution in [0.3, 0.4) is 0 Å². The molecule has 66 valence electrons. The van der Waals surface area contributed by atoms with Crippen LogP contribution in [0.4, 0.5) is 0 Å². The topological polar surface area (TPSA) is 34.0 Å². The van der Waals surface area contributed by atoms with E-state index in [2.05, 4.69) is 22.1 Å². The summed E-state index contributed by atoms with van der Waals surface area (Å²) < 4.78 is 1.75. The van der Waals surface area contributed by atoms with E-state index >= 15 is 0 Å². The molecule has 1 aliphatic heterocycles. The van der Waals surface area contributed by atoms with Crippen LogP contribution in [0.5, 0.6) is 0 Å². The summed E-state index contributed by atoms with van der Waals surface area (Å²) >= 11 is 0. The smallest absolute Gasteiger partial charge is 0.0967 e. The number of hydrogen-bond acceptors (Lipinski definition) is 3. The number of aromatic nitrogens is 3. The largest absolute Gasteiger partial charge is 0.297 e. The summed E-state index contributed by atoms with van der Waals surface area (Å²) in [5.41, 5.74) is 1.07. The Kier molecular flexibility index (Phi) is 1.84. The first kappa shape index (κ1) is 7.73. The molecule has 0 atom stereocenters. The summed E-state index contributed by atoms with van der Waals surface area (Å²) in [7, 11) is 1.90. The molecule has 12 heavy (non-hydrogen) atoms. The van der Waals surface area contributed by atoms with Gasteiger partial charge in [0, 0.05) is 32.9 Å². The van der Waals surface area contributed by atoms with Gasteiger partial charge in [0.1, 0.15) is 0 Å². The van der Waals surface area contributed by atoms with E-state index < -0.39 is 0 Å². The summed E-state index contributed by atoms with van der Waals surface area (Å²) in [6, 6.07) is 0. The van der Waals surface area contributed by atoms with Gasteiger partial charge in [-0.25, -0.2) is 0 Å². The molecule has 1 aromatic rings.